The number of thioether (sulfide) groups is 1. The molecule has 2 rings (SSSR count). The third kappa shape index (κ3) is 1.51. The van der Waals surface area contributed by atoms with E-state index in [0.29, 0.717) is 0 Å². The molecule has 0 saturated carbocycles. The van der Waals surface area contributed by atoms with Gasteiger partial charge in [0.1, 0.15) is 5.01 Å². The van der Waals surface area contributed by atoms with Crippen LogP contribution in [0.1, 0.15) is 17.8 Å². The molecule has 12 heavy (non-hydrogen) atoms. The number of thiazole rings is 1. The highest BCUT2D eigenvalue weighted by Gasteiger charge is 2.31. The van der Waals surface area contributed by atoms with E-state index in [9.17, 15) is 0 Å². The van der Waals surface area contributed by atoms with Gasteiger partial charge in [0.2, 0.25) is 0 Å². The maximum Gasteiger partial charge on any atom is 0.112 e. The molecule has 1 aromatic heterocycles. The van der Waals surface area contributed by atoms with Gasteiger partial charge in [0.15, 0.2) is 0 Å². The Morgan fingerprint density at radius 1 is 1.42 bits per heavy atom. The lowest BCUT2D eigenvalue weighted by Gasteiger charge is -2.30. The van der Waals surface area contributed by atoms with Gasteiger partial charge in [-0.25, -0.2) is 4.98 Å². The SMILES string of the molecule is NC1(c2nccs2)CCSCC1. The van der Waals surface area contributed by atoms with Crippen LogP contribution < -0.4 is 5.73 Å². The second-order valence-corrected chi connectivity index (χ2v) is 5.23. The van der Waals surface area contributed by atoms with Crippen LogP contribution in [0.5, 0.6) is 0 Å². The molecule has 0 aliphatic carbocycles. The van der Waals surface area contributed by atoms with Gasteiger partial charge in [0.25, 0.3) is 0 Å². The van der Waals surface area contributed by atoms with Crippen molar-refractivity contribution in [1.82, 2.24) is 4.98 Å². The Bertz CT molecular complexity index is 240. The van der Waals surface area contributed by atoms with Crippen LogP contribution in [0.3, 0.4) is 0 Å². The van der Waals surface area contributed by atoms with Crippen LogP contribution in [-0.2, 0) is 5.54 Å². The standard InChI is InChI=1S/C8H12N2S2/c9-8(1-4-11-5-2-8)7-10-3-6-12-7/h3,6H,1-2,4-5,9H2. The zero-order valence-corrected chi connectivity index (χ0v) is 8.46. The zero-order valence-electron chi connectivity index (χ0n) is 6.82. The summed E-state index contributed by atoms with van der Waals surface area (Å²) < 4.78 is 0. The summed E-state index contributed by atoms with van der Waals surface area (Å²) in [5.41, 5.74) is 6.15. The molecule has 2 N–H and O–H groups in total. The van der Waals surface area contributed by atoms with Crippen molar-refractivity contribution in [2.45, 2.75) is 18.4 Å². The van der Waals surface area contributed by atoms with E-state index in [1.54, 1.807) is 11.3 Å². The van der Waals surface area contributed by atoms with Crippen LogP contribution in [-0.4, -0.2) is 16.5 Å². The lowest BCUT2D eigenvalue weighted by Crippen LogP contribution is -2.40. The Balaban J connectivity index is 2.19. The van der Waals surface area contributed by atoms with Crippen LogP contribution in [0.25, 0.3) is 0 Å². The van der Waals surface area contributed by atoms with Crippen molar-refractivity contribution in [3.8, 4) is 0 Å². The van der Waals surface area contributed by atoms with Gasteiger partial charge in [-0.2, -0.15) is 11.8 Å². The Hall–Kier alpha value is -0.0600. The highest BCUT2D eigenvalue weighted by atomic mass is 32.2. The first-order valence-corrected chi connectivity index (χ1v) is 6.11. The molecule has 2 nitrogen and oxygen atoms in total. The van der Waals surface area contributed by atoms with Gasteiger partial charge in [-0.1, -0.05) is 0 Å². The first-order valence-electron chi connectivity index (χ1n) is 4.08. The summed E-state index contributed by atoms with van der Waals surface area (Å²) in [6.45, 7) is 0. The van der Waals surface area contributed by atoms with E-state index in [-0.39, 0.29) is 5.54 Å². The van der Waals surface area contributed by atoms with E-state index in [0.717, 1.165) is 17.8 Å². The molecular weight excluding hydrogens is 188 g/mol. The summed E-state index contributed by atoms with van der Waals surface area (Å²) in [4.78, 5) is 4.30. The molecule has 0 aromatic carbocycles. The number of nitrogens with two attached hydrogens (primary N) is 1. The fourth-order valence-corrected chi connectivity index (χ4v) is 3.45. The molecule has 0 bridgehead atoms. The normalized spacial score (nSPS) is 22.4. The van der Waals surface area contributed by atoms with Crippen molar-refractivity contribution in [3.05, 3.63) is 16.6 Å². The predicted octanol–water partition coefficient (Wildman–Crippen LogP) is 1.82. The van der Waals surface area contributed by atoms with E-state index in [4.69, 9.17) is 5.73 Å². The molecule has 0 atom stereocenters. The van der Waals surface area contributed by atoms with Crippen molar-refractivity contribution in [2.24, 2.45) is 5.73 Å². The number of hydrogen-bond acceptors (Lipinski definition) is 4. The average molecular weight is 200 g/mol. The van der Waals surface area contributed by atoms with E-state index >= 15 is 0 Å². The maximum absolute atomic E-state index is 6.26. The molecule has 4 heteroatoms. The minimum absolute atomic E-state index is 0.112. The third-order valence-corrected chi connectivity index (χ3v) is 4.22. The van der Waals surface area contributed by atoms with E-state index in [1.165, 1.54) is 11.5 Å². The summed E-state index contributed by atoms with van der Waals surface area (Å²) in [5.74, 6) is 2.35. The number of nitrogens with zero attached hydrogens (tertiary/aromatic N) is 1. The lowest BCUT2D eigenvalue weighted by atomic mass is 9.95. The molecule has 66 valence electrons. The highest BCUT2D eigenvalue weighted by molar-refractivity contribution is 7.99. The fourth-order valence-electron chi connectivity index (χ4n) is 1.42. The van der Waals surface area contributed by atoms with Gasteiger partial charge >= 0.3 is 0 Å². The molecule has 1 fully saturated rings. The van der Waals surface area contributed by atoms with Crippen molar-refractivity contribution in [1.29, 1.82) is 0 Å². The first-order chi connectivity index (χ1) is 5.81. The summed E-state index contributed by atoms with van der Waals surface area (Å²) in [5, 5.41) is 3.12. The van der Waals surface area contributed by atoms with Crippen molar-refractivity contribution in [3.63, 3.8) is 0 Å². The van der Waals surface area contributed by atoms with Crippen molar-refractivity contribution >= 4 is 23.1 Å². The molecular formula is C8H12N2S2. The first kappa shape index (κ1) is 8.53. The topological polar surface area (TPSA) is 38.9 Å². The summed E-state index contributed by atoms with van der Waals surface area (Å²) in [6.07, 6.45) is 3.99. The van der Waals surface area contributed by atoms with Gasteiger partial charge in [-0.3, -0.25) is 0 Å². The molecule has 0 amide bonds. The summed E-state index contributed by atoms with van der Waals surface area (Å²) in [6, 6.07) is 0. The lowest BCUT2D eigenvalue weighted by molar-refractivity contribution is 0.409. The van der Waals surface area contributed by atoms with Crippen molar-refractivity contribution in [2.75, 3.05) is 11.5 Å². The number of rotatable bonds is 1. The monoisotopic (exact) mass is 200 g/mol. The molecule has 0 unspecified atom stereocenters. The molecule has 1 aliphatic heterocycles. The molecule has 1 saturated heterocycles. The van der Waals surface area contributed by atoms with Gasteiger partial charge in [0, 0.05) is 11.6 Å². The van der Waals surface area contributed by atoms with Gasteiger partial charge < -0.3 is 5.73 Å². The second-order valence-electron chi connectivity index (χ2n) is 3.11. The molecule has 0 radical (unpaired) electrons. The minimum Gasteiger partial charge on any atom is -0.319 e. The Labute approximate surface area is 80.6 Å². The van der Waals surface area contributed by atoms with Crippen LogP contribution in [0.4, 0.5) is 0 Å². The quantitative estimate of drug-likeness (QED) is 0.751. The smallest absolute Gasteiger partial charge is 0.112 e. The fraction of sp³-hybridized carbons (Fsp3) is 0.625. The Kier molecular flexibility index (Phi) is 2.39. The van der Waals surface area contributed by atoms with Crippen molar-refractivity contribution < 1.29 is 0 Å². The minimum atomic E-state index is -0.112. The van der Waals surface area contributed by atoms with Crippen LogP contribution in [0.15, 0.2) is 11.6 Å². The molecule has 1 aromatic rings. The second kappa shape index (κ2) is 3.36. The van der Waals surface area contributed by atoms with Gasteiger partial charge in [-0.15, -0.1) is 11.3 Å². The van der Waals surface area contributed by atoms with E-state index in [2.05, 4.69) is 4.98 Å². The van der Waals surface area contributed by atoms with Crippen LogP contribution in [0, 0.1) is 0 Å². The predicted molar refractivity (Wildman–Crippen MR) is 54.5 cm³/mol. The van der Waals surface area contributed by atoms with Crippen LogP contribution in [0.2, 0.25) is 0 Å². The van der Waals surface area contributed by atoms with Gasteiger partial charge in [0.05, 0.1) is 5.54 Å². The van der Waals surface area contributed by atoms with E-state index in [1.807, 2.05) is 23.3 Å². The summed E-state index contributed by atoms with van der Waals surface area (Å²) >= 11 is 3.67. The number of aromatic nitrogens is 1. The number of hydrogen-bond donors (Lipinski definition) is 1. The summed E-state index contributed by atoms with van der Waals surface area (Å²) in [7, 11) is 0. The molecule has 1 aliphatic rings. The Morgan fingerprint density at radius 3 is 2.75 bits per heavy atom. The highest BCUT2D eigenvalue weighted by Crippen LogP contribution is 2.34. The van der Waals surface area contributed by atoms with Crippen LogP contribution >= 0.6 is 23.1 Å². The van der Waals surface area contributed by atoms with Gasteiger partial charge in [-0.05, 0) is 24.3 Å². The third-order valence-electron chi connectivity index (χ3n) is 2.24. The maximum atomic E-state index is 6.26. The zero-order chi connectivity index (χ0) is 8.44. The largest absolute Gasteiger partial charge is 0.319 e. The Morgan fingerprint density at radius 2 is 2.17 bits per heavy atom. The molecule has 2 heterocycles. The van der Waals surface area contributed by atoms with E-state index < -0.39 is 0 Å². The average Bonchev–Trinajstić information content (AvgIpc) is 2.58. The molecule has 0 spiro atoms.